The molecule has 3 rings (SSSR count). The van der Waals surface area contributed by atoms with Gasteiger partial charge >= 0.3 is 6.18 Å². The number of fused-ring (bicyclic) bond motifs is 1. The summed E-state index contributed by atoms with van der Waals surface area (Å²) in [5, 5.41) is 0. The van der Waals surface area contributed by atoms with Gasteiger partial charge in [-0.2, -0.15) is 13.2 Å². The smallest absolute Gasteiger partial charge is 0.419 e. The van der Waals surface area contributed by atoms with E-state index in [1.807, 2.05) is 0 Å². The fraction of sp³-hybridized carbons (Fsp3) is 0.125. The second-order valence-corrected chi connectivity index (χ2v) is 5.00. The van der Waals surface area contributed by atoms with Gasteiger partial charge in [0, 0.05) is 6.07 Å². The lowest BCUT2D eigenvalue weighted by Crippen LogP contribution is -2.31. The van der Waals surface area contributed by atoms with Gasteiger partial charge in [-0.25, -0.2) is 9.29 Å². The zero-order chi connectivity index (χ0) is 17.6. The molecule has 0 N–H and O–H groups in total. The van der Waals surface area contributed by atoms with Crippen LogP contribution in [0.2, 0.25) is 0 Å². The standard InChI is InChI=1S/C16H9F4NO3/c1-24-8-6-11(16(18,19)20)13(17)12(7-8)21-14(22)9-4-2-3-5-10(9)15(21)23/h2-7H,1H3. The summed E-state index contributed by atoms with van der Waals surface area (Å²) in [4.78, 5) is 25.1. The molecule has 0 aromatic heterocycles. The van der Waals surface area contributed by atoms with E-state index in [0.717, 1.165) is 13.2 Å². The molecule has 0 unspecified atom stereocenters. The Hall–Kier alpha value is -2.90. The van der Waals surface area contributed by atoms with Crippen molar-refractivity contribution in [1.29, 1.82) is 0 Å². The van der Waals surface area contributed by atoms with E-state index in [-0.39, 0.29) is 16.9 Å². The predicted octanol–water partition coefficient (Wildman–Crippen LogP) is 3.65. The van der Waals surface area contributed by atoms with Gasteiger partial charge in [0.15, 0.2) is 5.82 Å². The first kappa shape index (κ1) is 16.0. The molecule has 1 aliphatic rings. The van der Waals surface area contributed by atoms with Gasteiger partial charge in [-0.3, -0.25) is 9.59 Å². The number of carbonyl (C=O) groups is 2. The third-order valence-electron chi connectivity index (χ3n) is 3.60. The lowest BCUT2D eigenvalue weighted by atomic mass is 10.1. The summed E-state index contributed by atoms with van der Waals surface area (Å²) in [5.74, 6) is -3.82. The largest absolute Gasteiger partial charge is 0.497 e. The number of imide groups is 1. The van der Waals surface area contributed by atoms with E-state index in [4.69, 9.17) is 4.74 Å². The Morgan fingerprint density at radius 1 is 1.00 bits per heavy atom. The molecule has 0 saturated heterocycles. The van der Waals surface area contributed by atoms with Crippen molar-refractivity contribution in [1.82, 2.24) is 0 Å². The average Bonchev–Trinajstić information content (AvgIpc) is 2.79. The van der Waals surface area contributed by atoms with Crippen LogP contribution in [0.5, 0.6) is 5.75 Å². The van der Waals surface area contributed by atoms with Crippen molar-refractivity contribution in [2.45, 2.75) is 6.18 Å². The van der Waals surface area contributed by atoms with Crippen LogP contribution in [0.1, 0.15) is 26.3 Å². The minimum absolute atomic E-state index is 0.00159. The number of rotatable bonds is 2. The third-order valence-corrected chi connectivity index (χ3v) is 3.60. The second-order valence-electron chi connectivity index (χ2n) is 5.00. The Bertz CT molecular complexity index is 826. The number of methoxy groups -OCH3 is 1. The Morgan fingerprint density at radius 2 is 1.54 bits per heavy atom. The highest BCUT2D eigenvalue weighted by Gasteiger charge is 2.42. The molecule has 124 valence electrons. The zero-order valence-electron chi connectivity index (χ0n) is 12.1. The van der Waals surface area contributed by atoms with E-state index in [1.54, 1.807) is 0 Å². The number of alkyl halides is 3. The Balaban J connectivity index is 2.21. The molecular formula is C16H9F4NO3. The Kier molecular flexibility index (Phi) is 3.55. The van der Waals surface area contributed by atoms with Crippen molar-refractivity contribution in [3.63, 3.8) is 0 Å². The van der Waals surface area contributed by atoms with E-state index in [2.05, 4.69) is 0 Å². The van der Waals surface area contributed by atoms with Crippen molar-refractivity contribution < 1.29 is 31.9 Å². The molecule has 0 aliphatic carbocycles. The summed E-state index contributed by atoms with van der Waals surface area (Å²) in [7, 11) is 1.10. The third kappa shape index (κ3) is 2.31. The molecule has 0 spiro atoms. The Labute approximate surface area is 133 Å². The van der Waals surface area contributed by atoms with Crippen LogP contribution in [-0.4, -0.2) is 18.9 Å². The molecule has 0 fully saturated rings. The van der Waals surface area contributed by atoms with Gasteiger partial charge in [0.05, 0.1) is 29.5 Å². The molecule has 1 heterocycles. The van der Waals surface area contributed by atoms with Crippen LogP contribution in [0, 0.1) is 5.82 Å². The fourth-order valence-electron chi connectivity index (χ4n) is 2.48. The van der Waals surface area contributed by atoms with Gasteiger partial charge in [-0.1, -0.05) is 12.1 Å². The van der Waals surface area contributed by atoms with Crippen molar-refractivity contribution in [3.8, 4) is 5.75 Å². The number of hydrogen-bond donors (Lipinski definition) is 0. The molecule has 0 atom stereocenters. The highest BCUT2D eigenvalue weighted by atomic mass is 19.4. The topological polar surface area (TPSA) is 46.6 Å². The van der Waals surface area contributed by atoms with Gasteiger partial charge in [0.2, 0.25) is 0 Å². The molecule has 1 aliphatic heterocycles. The minimum Gasteiger partial charge on any atom is -0.497 e. The van der Waals surface area contributed by atoms with Crippen LogP contribution in [0.4, 0.5) is 23.2 Å². The molecule has 2 aromatic rings. The quantitative estimate of drug-likeness (QED) is 0.620. The van der Waals surface area contributed by atoms with E-state index in [0.29, 0.717) is 11.0 Å². The summed E-state index contributed by atoms with van der Waals surface area (Å²) >= 11 is 0. The predicted molar refractivity (Wildman–Crippen MR) is 75.5 cm³/mol. The van der Waals surface area contributed by atoms with Gasteiger partial charge < -0.3 is 4.74 Å². The summed E-state index contributed by atoms with van der Waals surface area (Å²) in [5.41, 5.74) is -2.42. The van der Waals surface area contributed by atoms with E-state index in [9.17, 15) is 27.2 Å². The first-order valence-corrected chi connectivity index (χ1v) is 6.68. The van der Waals surface area contributed by atoms with E-state index >= 15 is 0 Å². The van der Waals surface area contributed by atoms with E-state index in [1.165, 1.54) is 24.3 Å². The van der Waals surface area contributed by atoms with Crippen LogP contribution < -0.4 is 9.64 Å². The van der Waals surface area contributed by atoms with Crippen molar-refractivity contribution in [3.05, 3.63) is 58.9 Å². The minimum atomic E-state index is -5.01. The number of hydrogen-bond acceptors (Lipinski definition) is 3. The molecule has 8 heteroatoms. The van der Waals surface area contributed by atoms with Crippen molar-refractivity contribution in [2.24, 2.45) is 0 Å². The molecule has 4 nitrogen and oxygen atoms in total. The summed E-state index contributed by atoms with van der Waals surface area (Å²) in [6.07, 6.45) is -5.01. The molecule has 0 radical (unpaired) electrons. The maximum atomic E-state index is 14.4. The van der Waals surface area contributed by atoms with Gasteiger partial charge in [-0.15, -0.1) is 0 Å². The lowest BCUT2D eigenvalue weighted by Gasteiger charge is -2.19. The summed E-state index contributed by atoms with van der Waals surface area (Å²) in [6.45, 7) is 0. The lowest BCUT2D eigenvalue weighted by molar-refractivity contribution is -0.140. The SMILES string of the molecule is COc1cc(N2C(=O)c3ccccc3C2=O)c(F)c(C(F)(F)F)c1. The summed E-state index contributed by atoms with van der Waals surface area (Å²) in [6, 6.07) is 7.03. The maximum absolute atomic E-state index is 14.4. The maximum Gasteiger partial charge on any atom is 0.419 e. The summed E-state index contributed by atoms with van der Waals surface area (Å²) < 4.78 is 58.1. The van der Waals surface area contributed by atoms with Gasteiger partial charge in [-0.05, 0) is 18.2 Å². The van der Waals surface area contributed by atoms with Gasteiger partial charge in [0.1, 0.15) is 5.75 Å². The molecule has 2 aromatic carbocycles. The van der Waals surface area contributed by atoms with Crippen LogP contribution in [0.3, 0.4) is 0 Å². The van der Waals surface area contributed by atoms with E-state index < -0.39 is 35.1 Å². The number of halogens is 4. The second kappa shape index (κ2) is 5.33. The number of ether oxygens (including phenoxy) is 1. The Morgan fingerprint density at radius 3 is 2.00 bits per heavy atom. The van der Waals surface area contributed by atoms with Crippen molar-refractivity contribution >= 4 is 17.5 Å². The van der Waals surface area contributed by atoms with Crippen LogP contribution in [0.15, 0.2) is 36.4 Å². The number of benzene rings is 2. The fourth-order valence-corrected chi connectivity index (χ4v) is 2.48. The molecule has 2 amide bonds. The number of anilines is 1. The number of nitrogens with zero attached hydrogens (tertiary/aromatic N) is 1. The van der Waals surface area contributed by atoms with Gasteiger partial charge in [0.25, 0.3) is 11.8 Å². The van der Waals surface area contributed by atoms with Crippen LogP contribution >= 0.6 is 0 Å². The van der Waals surface area contributed by atoms with Crippen LogP contribution in [0.25, 0.3) is 0 Å². The zero-order valence-corrected chi connectivity index (χ0v) is 12.1. The number of amides is 2. The van der Waals surface area contributed by atoms with Crippen molar-refractivity contribution in [2.75, 3.05) is 12.0 Å². The average molecular weight is 339 g/mol. The number of carbonyl (C=O) groups excluding carboxylic acids is 2. The highest BCUT2D eigenvalue weighted by molar-refractivity contribution is 6.34. The first-order valence-electron chi connectivity index (χ1n) is 6.68. The molecule has 24 heavy (non-hydrogen) atoms. The molecular weight excluding hydrogens is 330 g/mol. The molecule has 0 saturated carbocycles. The van der Waals surface area contributed by atoms with Crippen LogP contribution in [-0.2, 0) is 6.18 Å². The monoisotopic (exact) mass is 339 g/mol. The first-order chi connectivity index (χ1) is 11.3. The highest BCUT2D eigenvalue weighted by Crippen LogP contribution is 2.40. The molecule has 0 bridgehead atoms. The normalized spacial score (nSPS) is 14.1.